The minimum Gasteiger partial charge on any atom is -0.297 e. The van der Waals surface area contributed by atoms with Gasteiger partial charge >= 0.3 is 0 Å². The van der Waals surface area contributed by atoms with Crippen molar-refractivity contribution in [3.05, 3.63) is 16.7 Å². The van der Waals surface area contributed by atoms with Crippen LogP contribution >= 0.6 is 12.2 Å². The molecule has 1 fully saturated rings. The van der Waals surface area contributed by atoms with Crippen molar-refractivity contribution in [1.82, 2.24) is 25.0 Å². The maximum Gasteiger partial charge on any atom is 0.195 e. The molecule has 78 valence electrons. The van der Waals surface area contributed by atoms with Crippen LogP contribution in [0.25, 0.3) is 11.4 Å². The van der Waals surface area contributed by atoms with E-state index >= 15 is 0 Å². The summed E-state index contributed by atoms with van der Waals surface area (Å²) < 4.78 is 2.79. The highest BCUT2D eigenvalue weighted by Gasteiger charge is 2.28. The van der Waals surface area contributed by atoms with Crippen LogP contribution in [0.3, 0.4) is 0 Å². The summed E-state index contributed by atoms with van der Waals surface area (Å²) in [6, 6.07) is 0.528. The van der Waals surface area contributed by atoms with E-state index in [0.717, 1.165) is 17.1 Å². The molecule has 0 aromatic carbocycles. The Kier molecular flexibility index (Phi) is 1.79. The summed E-state index contributed by atoms with van der Waals surface area (Å²) in [5, 5.41) is 14.0. The lowest BCUT2D eigenvalue weighted by molar-refractivity contribution is 0.734. The molecule has 0 amide bonds. The molecule has 1 aliphatic rings. The molecule has 1 aliphatic carbocycles. The minimum absolute atomic E-state index is 0.528. The van der Waals surface area contributed by atoms with Crippen LogP contribution in [-0.2, 0) is 0 Å². The SMILES string of the molecule is Cc1[nH]ncc1-c1n[nH]c(=S)n1C1CC1. The first-order chi connectivity index (χ1) is 7.27. The Hall–Kier alpha value is -1.43. The van der Waals surface area contributed by atoms with Gasteiger partial charge in [-0.2, -0.15) is 10.2 Å². The Balaban J connectivity index is 2.20. The average molecular weight is 221 g/mol. The first kappa shape index (κ1) is 8.84. The van der Waals surface area contributed by atoms with Crippen LogP contribution in [-0.4, -0.2) is 25.0 Å². The molecule has 2 aromatic heterocycles. The molecule has 0 radical (unpaired) electrons. The van der Waals surface area contributed by atoms with Gasteiger partial charge in [0, 0.05) is 11.7 Å². The molecule has 0 unspecified atom stereocenters. The molecule has 2 aromatic rings. The largest absolute Gasteiger partial charge is 0.297 e. The highest BCUT2D eigenvalue weighted by Crippen LogP contribution is 2.38. The lowest BCUT2D eigenvalue weighted by Gasteiger charge is -2.02. The molecular formula is C9H11N5S. The Bertz CT molecular complexity index is 545. The molecule has 0 atom stereocenters. The molecule has 0 aliphatic heterocycles. The fourth-order valence-corrected chi connectivity index (χ4v) is 2.02. The van der Waals surface area contributed by atoms with Gasteiger partial charge in [-0.3, -0.25) is 14.8 Å². The summed E-state index contributed by atoms with van der Waals surface area (Å²) in [5.74, 6) is 0.897. The highest BCUT2D eigenvalue weighted by molar-refractivity contribution is 7.71. The maximum atomic E-state index is 5.22. The Labute approximate surface area is 91.5 Å². The van der Waals surface area contributed by atoms with Crippen molar-refractivity contribution in [2.24, 2.45) is 0 Å². The maximum absolute atomic E-state index is 5.22. The highest BCUT2D eigenvalue weighted by atomic mass is 32.1. The van der Waals surface area contributed by atoms with E-state index in [1.807, 2.05) is 6.92 Å². The number of aryl methyl sites for hydroxylation is 1. The zero-order valence-corrected chi connectivity index (χ0v) is 9.14. The van der Waals surface area contributed by atoms with E-state index in [1.165, 1.54) is 12.8 Å². The molecular weight excluding hydrogens is 210 g/mol. The third-order valence-electron chi connectivity index (χ3n) is 2.69. The molecule has 2 heterocycles. The van der Waals surface area contributed by atoms with Gasteiger partial charge < -0.3 is 0 Å². The number of rotatable bonds is 2. The molecule has 0 spiro atoms. The average Bonchev–Trinajstić information content (AvgIpc) is 2.85. The van der Waals surface area contributed by atoms with Crippen molar-refractivity contribution in [2.75, 3.05) is 0 Å². The van der Waals surface area contributed by atoms with Crippen molar-refractivity contribution in [3.63, 3.8) is 0 Å². The van der Waals surface area contributed by atoms with E-state index in [0.29, 0.717) is 10.8 Å². The molecule has 2 N–H and O–H groups in total. The van der Waals surface area contributed by atoms with E-state index in [4.69, 9.17) is 12.2 Å². The Morgan fingerprint density at radius 2 is 2.27 bits per heavy atom. The van der Waals surface area contributed by atoms with E-state index in [-0.39, 0.29) is 0 Å². The quantitative estimate of drug-likeness (QED) is 0.762. The predicted octanol–water partition coefficient (Wildman–Crippen LogP) is 1.97. The third kappa shape index (κ3) is 1.32. The van der Waals surface area contributed by atoms with Crippen LogP contribution in [0.1, 0.15) is 24.6 Å². The number of hydrogen-bond acceptors (Lipinski definition) is 3. The van der Waals surface area contributed by atoms with E-state index in [9.17, 15) is 0 Å². The van der Waals surface area contributed by atoms with Crippen LogP contribution in [0.5, 0.6) is 0 Å². The summed E-state index contributed by atoms with van der Waals surface area (Å²) in [6.45, 7) is 1.98. The van der Waals surface area contributed by atoms with Gasteiger partial charge in [0.05, 0.1) is 11.8 Å². The van der Waals surface area contributed by atoms with Gasteiger partial charge in [-0.25, -0.2) is 0 Å². The number of aromatic nitrogens is 5. The van der Waals surface area contributed by atoms with Gasteiger partial charge in [0.15, 0.2) is 10.6 Å². The van der Waals surface area contributed by atoms with Crippen molar-refractivity contribution in [2.45, 2.75) is 25.8 Å². The van der Waals surface area contributed by atoms with E-state index in [1.54, 1.807) is 6.20 Å². The van der Waals surface area contributed by atoms with Crippen LogP contribution in [0.2, 0.25) is 0 Å². The van der Waals surface area contributed by atoms with E-state index < -0.39 is 0 Å². The van der Waals surface area contributed by atoms with Crippen LogP contribution in [0.15, 0.2) is 6.20 Å². The molecule has 5 nitrogen and oxygen atoms in total. The van der Waals surface area contributed by atoms with Gasteiger partial charge in [-0.05, 0) is 32.0 Å². The number of nitrogens with zero attached hydrogens (tertiary/aromatic N) is 3. The minimum atomic E-state index is 0.528. The Morgan fingerprint density at radius 1 is 1.47 bits per heavy atom. The third-order valence-corrected chi connectivity index (χ3v) is 2.98. The molecule has 0 saturated heterocycles. The normalized spacial score (nSPS) is 15.8. The summed E-state index contributed by atoms with van der Waals surface area (Å²) in [5.41, 5.74) is 2.04. The molecule has 0 bridgehead atoms. The molecule has 6 heteroatoms. The van der Waals surface area contributed by atoms with Crippen molar-refractivity contribution < 1.29 is 0 Å². The van der Waals surface area contributed by atoms with Gasteiger partial charge in [0.25, 0.3) is 0 Å². The van der Waals surface area contributed by atoms with E-state index in [2.05, 4.69) is 25.0 Å². The van der Waals surface area contributed by atoms with Crippen molar-refractivity contribution in [1.29, 1.82) is 0 Å². The topological polar surface area (TPSA) is 62.3 Å². The summed E-state index contributed by atoms with van der Waals surface area (Å²) in [7, 11) is 0. The van der Waals surface area contributed by atoms with Crippen molar-refractivity contribution >= 4 is 12.2 Å². The van der Waals surface area contributed by atoms with Gasteiger partial charge in [-0.1, -0.05) is 0 Å². The van der Waals surface area contributed by atoms with Crippen LogP contribution < -0.4 is 0 Å². The van der Waals surface area contributed by atoms with Crippen LogP contribution in [0.4, 0.5) is 0 Å². The van der Waals surface area contributed by atoms with Gasteiger partial charge in [0.2, 0.25) is 0 Å². The second-order valence-electron chi connectivity index (χ2n) is 3.86. The zero-order valence-electron chi connectivity index (χ0n) is 8.32. The van der Waals surface area contributed by atoms with Crippen molar-refractivity contribution in [3.8, 4) is 11.4 Å². The Morgan fingerprint density at radius 3 is 2.87 bits per heavy atom. The van der Waals surface area contributed by atoms with Gasteiger partial charge in [0.1, 0.15) is 0 Å². The lowest BCUT2D eigenvalue weighted by atomic mass is 10.2. The summed E-state index contributed by atoms with van der Waals surface area (Å²) in [6.07, 6.45) is 4.18. The number of nitrogens with one attached hydrogen (secondary N) is 2. The smallest absolute Gasteiger partial charge is 0.195 e. The number of H-pyrrole nitrogens is 2. The lowest BCUT2D eigenvalue weighted by Crippen LogP contribution is -1.97. The standard InChI is InChI=1S/C9H11N5S/c1-5-7(4-10-11-5)8-12-13-9(15)14(8)6-2-3-6/h4,6H,2-3H2,1H3,(H,10,11)(H,13,15). The fraction of sp³-hybridized carbons (Fsp3) is 0.444. The monoisotopic (exact) mass is 221 g/mol. The predicted molar refractivity (Wildman–Crippen MR) is 58.0 cm³/mol. The second kappa shape index (κ2) is 3.03. The number of aromatic amines is 2. The summed E-state index contributed by atoms with van der Waals surface area (Å²) >= 11 is 5.22. The zero-order chi connectivity index (χ0) is 10.4. The summed E-state index contributed by atoms with van der Waals surface area (Å²) in [4.78, 5) is 0. The number of hydrogen-bond donors (Lipinski definition) is 2. The molecule has 3 rings (SSSR count). The molecule has 15 heavy (non-hydrogen) atoms. The fourth-order valence-electron chi connectivity index (χ4n) is 1.74. The van der Waals surface area contributed by atoms with Crippen LogP contribution in [0, 0.1) is 11.7 Å². The molecule has 1 saturated carbocycles. The first-order valence-corrected chi connectivity index (χ1v) is 5.35. The first-order valence-electron chi connectivity index (χ1n) is 4.94. The second-order valence-corrected chi connectivity index (χ2v) is 4.25. The van der Waals surface area contributed by atoms with Gasteiger partial charge in [-0.15, -0.1) is 0 Å².